The summed E-state index contributed by atoms with van der Waals surface area (Å²) >= 11 is 0. The molecule has 0 saturated carbocycles. The van der Waals surface area contributed by atoms with Gasteiger partial charge >= 0.3 is 0 Å². The molecule has 0 aliphatic carbocycles. The highest BCUT2D eigenvalue weighted by atomic mass is 16.7. The molecule has 5 nitrogen and oxygen atoms in total. The average molecular weight is 349 g/mol. The first-order valence-electron chi connectivity index (χ1n) is 9.24. The van der Waals surface area contributed by atoms with E-state index >= 15 is 0 Å². The largest absolute Gasteiger partial charge is 0.382 e. The van der Waals surface area contributed by atoms with Crippen LogP contribution in [0.25, 0.3) is 16.9 Å². The van der Waals surface area contributed by atoms with Crippen LogP contribution in [0.2, 0.25) is 0 Å². The van der Waals surface area contributed by atoms with Gasteiger partial charge in [0.15, 0.2) is 11.4 Å². The number of nitrogens with zero attached hydrogens (tertiary/aromatic N) is 2. The van der Waals surface area contributed by atoms with E-state index in [2.05, 4.69) is 46.4 Å². The maximum atomic E-state index is 5.97. The van der Waals surface area contributed by atoms with Gasteiger partial charge in [0.05, 0.1) is 24.6 Å². The summed E-state index contributed by atoms with van der Waals surface area (Å²) < 4.78 is 14.0. The highest BCUT2D eigenvalue weighted by Crippen LogP contribution is 2.34. The van der Waals surface area contributed by atoms with Crippen molar-refractivity contribution in [3.8, 4) is 11.3 Å². The van der Waals surface area contributed by atoms with Gasteiger partial charge in [0.2, 0.25) is 0 Å². The summed E-state index contributed by atoms with van der Waals surface area (Å²) in [6, 6.07) is 8.52. The zero-order chi connectivity index (χ0) is 17.7. The van der Waals surface area contributed by atoms with Gasteiger partial charge in [-0.25, -0.2) is 4.98 Å². The fourth-order valence-electron chi connectivity index (χ4n) is 3.83. The van der Waals surface area contributed by atoms with Gasteiger partial charge < -0.3 is 19.2 Å². The maximum Gasteiger partial charge on any atom is 0.163 e. The third-order valence-corrected chi connectivity index (χ3v) is 5.33. The van der Waals surface area contributed by atoms with E-state index in [0.29, 0.717) is 13.2 Å². The van der Waals surface area contributed by atoms with Crippen molar-refractivity contribution in [2.45, 2.75) is 45.7 Å². The van der Waals surface area contributed by atoms with E-state index in [4.69, 9.17) is 14.5 Å². The monoisotopic (exact) mass is 349 g/mol. The Balaban J connectivity index is 1.63. The molecule has 0 radical (unpaired) electrons. The van der Waals surface area contributed by atoms with Gasteiger partial charge in [-0.2, -0.15) is 0 Å². The molecule has 1 aromatic carbocycles. The zero-order valence-electron chi connectivity index (χ0n) is 15.2. The zero-order valence-corrected chi connectivity index (χ0v) is 15.2. The van der Waals surface area contributed by atoms with Gasteiger partial charge in [-0.15, -0.1) is 0 Å². The summed E-state index contributed by atoms with van der Waals surface area (Å²) in [5.74, 6) is -0.571. The van der Waals surface area contributed by atoms with E-state index in [9.17, 15) is 0 Å². The third-order valence-electron chi connectivity index (χ3n) is 5.33. The van der Waals surface area contributed by atoms with E-state index in [0.717, 1.165) is 29.9 Å². The molecule has 0 bridgehead atoms. The molecule has 0 spiro atoms. The number of anilines is 1. The number of pyridine rings is 1. The second-order valence-corrected chi connectivity index (χ2v) is 7.52. The molecule has 1 N–H and O–H groups in total. The smallest absolute Gasteiger partial charge is 0.163 e. The van der Waals surface area contributed by atoms with Crippen molar-refractivity contribution in [2.24, 2.45) is 0 Å². The van der Waals surface area contributed by atoms with Gasteiger partial charge in [0.25, 0.3) is 0 Å². The van der Waals surface area contributed by atoms with Crippen molar-refractivity contribution < 1.29 is 9.47 Å². The second kappa shape index (κ2) is 5.83. The number of hydrogen-bond donors (Lipinski definition) is 1. The van der Waals surface area contributed by atoms with Crippen molar-refractivity contribution in [3.05, 3.63) is 53.3 Å². The van der Waals surface area contributed by atoms with Crippen molar-refractivity contribution >= 4 is 11.3 Å². The number of rotatable bonds is 1. The minimum Gasteiger partial charge on any atom is -0.382 e. The second-order valence-electron chi connectivity index (χ2n) is 7.52. The van der Waals surface area contributed by atoms with E-state index < -0.39 is 5.79 Å². The van der Waals surface area contributed by atoms with Crippen molar-refractivity contribution in [1.82, 2.24) is 9.38 Å². The van der Waals surface area contributed by atoms with E-state index in [-0.39, 0.29) is 0 Å². The summed E-state index contributed by atoms with van der Waals surface area (Å²) in [6.07, 6.45) is 6.51. The lowest BCUT2D eigenvalue weighted by Gasteiger charge is -2.22. The molecular formula is C21H23N3O2. The van der Waals surface area contributed by atoms with Crippen LogP contribution in [-0.2, 0) is 29.1 Å². The number of aryl methyl sites for hydroxylation is 1. The normalized spacial score (nSPS) is 18.7. The van der Waals surface area contributed by atoms with Crippen LogP contribution in [0.15, 0.2) is 36.7 Å². The maximum absolute atomic E-state index is 5.97. The lowest BCUT2D eigenvalue weighted by Crippen LogP contribution is -2.25. The number of imidazole rings is 1. The Morgan fingerprint density at radius 3 is 2.92 bits per heavy atom. The number of benzene rings is 1. The summed E-state index contributed by atoms with van der Waals surface area (Å²) in [4.78, 5) is 4.98. The third kappa shape index (κ3) is 2.59. The molecule has 5 heteroatoms. The molecular weight excluding hydrogens is 326 g/mol. The number of nitrogens with one attached hydrogen (secondary N) is 1. The highest BCUT2D eigenvalue weighted by Gasteiger charge is 2.26. The Kier molecular flexibility index (Phi) is 3.55. The van der Waals surface area contributed by atoms with Crippen molar-refractivity contribution in [1.29, 1.82) is 0 Å². The van der Waals surface area contributed by atoms with Crippen LogP contribution in [0.3, 0.4) is 0 Å². The molecule has 134 valence electrons. The van der Waals surface area contributed by atoms with Crippen LogP contribution in [0, 0.1) is 0 Å². The van der Waals surface area contributed by atoms with Crippen LogP contribution in [0.1, 0.15) is 37.0 Å². The van der Waals surface area contributed by atoms with Crippen LogP contribution >= 0.6 is 0 Å². The Hall–Kier alpha value is -2.37. The molecule has 26 heavy (non-hydrogen) atoms. The predicted octanol–water partition coefficient (Wildman–Crippen LogP) is 4.14. The highest BCUT2D eigenvalue weighted by molar-refractivity contribution is 5.77. The van der Waals surface area contributed by atoms with Crippen LogP contribution in [0.5, 0.6) is 0 Å². The molecule has 0 saturated heterocycles. The molecule has 2 aliphatic heterocycles. The first-order valence-corrected chi connectivity index (χ1v) is 9.24. The molecule has 2 aliphatic rings. The summed E-state index contributed by atoms with van der Waals surface area (Å²) in [6.45, 7) is 6.02. The van der Waals surface area contributed by atoms with E-state index in [1.165, 1.54) is 28.8 Å². The SMILES string of the molecule is CC1(C)OCc2cccc(-c3cn4ccc5c(c4n3)NCCC5)c2CO1. The van der Waals surface area contributed by atoms with Gasteiger partial charge in [-0.3, -0.25) is 0 Å². The Bertz CT molecular complexity index is 990. The Morgan fingerprint density at radius 2 is 2.00 bits per heavy atom. The predicted molar refractivity (Wildman–Crippen MR) is 101 cm³/mol. The number of fused-ring (bicyclic) bond motifs is 4. The number of hydrogen-bond acceptors (Lipinski definition) is 4. The molecule has 0 atom stereocenters. The average Bonchev–Trinajstić information content (AvgIpc) is 3.02. The van der Waals surface area contributed by atoms with Crippen molar-refractivity contribution in [2.75, 3.05) is 11.9 Å². The first-order chi connectivity index (χ1) is 12.6. The Morgan fingerprint density at radius 1 is 1.12 bits per heavy atom. The molecule has 3 aromatic rings. The fraction of sp³-hybridized carbons (Fsp3) is 0.381. The summed E-state index contributed by atoms with van der Waals surface area (Å²) in [7, 11) is 0. The van der Waals surface area contributed by atoms with Gasteiger partial charge in [0, 0.05) is 24.5 Å². The van der Waals surface area contributed by atoms with Crippen molar-refractivity contribution in [3.63, 3.8) is 0 Å². The molecule has 2 aromatic heterocycles. The Labute approximate surface area is 153 Å². The van der Waals surface area contributed by atoms with Gasteiger partial charge in [0.1, 0.15) is 0 Å². The minimum absolute atomic E-state index is 0.530. The molecule has 4 heterocycles. The number of aromatic nitrogens is 2. The van der Waals surface area contributed by atoms with Crippen LogP contribution in [0.4, 0.5) is 5.69 Å². The topological polar surface area (TPSA) is 47.8 Å². The quantitative estimate of drug-likeness (QED) is 0.717. The fourth-order valence-corrected chi connectivity index (χ4v) is 3.83. The minimum atomic E-state index is -0.571. The van der Waals surface area contributed by atoms with Crippen LogP contribution < -0.4 is 5.32 Å². The summed E-state index contributed by atoms with van der Waals surface area (Å²) in [5.41, 5.74) is 7.97. The first kappa shape index (κ1) is 15.9. The van der Waals surface area contributed by atoms with E-state index in [1.54, 1.807) is 0 Å². The molecule has 0 fully saturated rings. The summed E-state index contributed by atoms with van der Waals surface area (Å²) in [5, 5.41) is 3.53. The lowest BCUT2D eigenvalue weighted by molar-refractivity contribution is -0.219. The van der Waals surface area contributed by atoms with E-state index in [1.807, 2.05) is 13.8 Å². The molecule has 0 unspecified atom stereocenters. The molecule has 0 amide bonds. The van der Waals surface area contributed by atoms with Gasteiger partial charge in [-0.05, 0) is 49.4 Å². The standard InChI is InChI=1S/C21H23N3O2/c1-21(2)25-12-15-5-3-7-16(17(15)13-26-21)18-11-24-10-8-14-6-4-9-22-19(14)20(24)23-18/h3,5,7-8,10-11,22H,4,6,9,12-13H2,1-2H3. The lowest BCUT2D eigenvalue weighted by atomic mass is 10.00. The molecule has 5 rings (SSSR count). The van der Waals surface area contributed by atoms with Crippen LogP contribution in [-0.4, -0.2) is 21.7 Å². The number of ether oxygens (including phenoxy) is 2. The van der Waals surface area contributed by atoms with Gasteiger partial charge in [-0.1, -0.05) is 18.2 Å².